The summed E-state index contributed by atoms with van der Waals surface area (Å²) in [6.07, 6.45) is -1.63. The van der Waals surface area contributed by atoms with Gasteiger partial charge in [-0.3, -0.25) is 4.79 Å². The number of carboxylic acids is 1. The fraction of sp³-hybridized carbons (Fsp3) is 0.182. The number of amides is 1. The molecule has 0 saturated carbocycles. The first-order valence-corrected chi connectivity index (χ1v) is 5.61. The van der Waals surface area contributed by atoms with E-state index in [1.54, 1.807) is 12.1 Å². The third-order valence-electron chi connectivity index (χ3n) is 2.49. The lowest BCUT2D eigenvalue weighted by molar-refractivity contribution is -0.146. The summed E-state index contributed by atoms with van der Waals surface area (Å²) in [5.74, 6) is -1.47. The van der Waals surface area contributed by atoms with E-state index >= 15 is 0 Å². The second kappa shape index (κ2) is 5.89. The van der Waals surface area contributed by atoms with Gasteiger partial charge in [0, 0.05) is 11.1 Å². The Labute approximate surface area is 112 Å². The van der Waals surface area contributed by atoms with Gasteiger partial charge in [-0.1, -0.05) is 12.1 Å². The van der Waals surface area contributed by atoms with Gasteiger partial charge in [0.15, 0.2) is 6.10 Å². The summed E-state index contributed by atoms with van der Waals surface area (Å²) in [5.41, 5.74) is 1.01. The molecule has 0 aliphatic carbocycles. The third kappa shape index (κ3) is 3.14. The van der Waals surface area contributed by atoms with Crippen LogP contribution in [0.4, 0.5) is 0 Å². The van der Waals surface area contributed by atoms with Gasteiger partial charge in [-0.25, -0.2) is 4.79 Å². The molecule has 9 nitrogen and oxygen atoms in total. The molecular formula is C11H11N5O4. The highest BCUT2D eigenvalue weighted by Crippen LogP contribution is 2.13. The van der Waals surface area contributed by atoms with E-state index < -0.39 is 18.0 Å². The average molecular weight is 277 g/mol. The number of tetrazole rings is 1. The molecular weight excluding hydrogens is 266 g/mol. The number of nitrogens with zero attached hydrogens (tertiary/aromatic N) is 3. The Morgan fingerprint density at radius 3 is 2.55 bits per heavy atom. The van der Waals surface area contributed by atoms with Crippen molar-refractivity contribution in [1.29, 1.82) is 0 Å². The van der Waals surface area contributed by atoms with Crippen LogP contribution in [0.15, 0.2) is 24.3 Å². The zero-order chi connectivity index (χ0) is 14.5. The molecule has 0 aliphatic heterocycles. The van der Waals surface area contributed by atoms with Gasteiger partial charge in [-0.15, -0.1) is 10.2 Å². The molecule has 0 spiro atoms. The summed E-state index contributed by atoms with van der Waals surface area (Å²) >= 11 is 0. The molecule has 20 heavy (non-hydrogen) atoms. The van der Waals surface area contributed by atoms with Gasteiger partial charge in [-0.05, 0) is 17.3 Å². The second-order valence-electron chi connectivity index (χ2n) is 3.88. The van der Waals surface area contributed by atoms with E-state index in [4.69, 9.17) is 10.2 Å². The molecule has 1 aromatic carbocycles. The number of hydrogen-bond acceptors (Lipinski definition) is 6. The van der Waals surface area contributed by atoms with E-state index in [1.165, 1.54) is 12.1 Å². The number of H-pyrrole nitrogens is 1. The number of benzene rings is 1. The number of carbonyl (C=O) groups excluding carboxylic acids is 1. The van der Waals surface area contributed by atoms with Crippen molar-refractivity contribution in [1.82, 2.24) is 25.9 Å². The SMILES string of the molecule is O=C(NC[C@H](O)C(=O)O)c1ccc(-c2nn[nH]n2)cc1. The maximum absolute atomic E-state index is 11.7. The predicted octanol–water partition coefficient (Wildman–Crippen LogP) is -0.958. The van der Waals surface area contributed by atoms with Crippen molar-refractivity contribution in [3.05, 3.63) is 29.8 Å². The molecule has 2 rings (SSSR count). The maximum Gasteiger partial charge on any atom is 0.334 e. The highest BCUT2D eigenvalue weighted by Gasteiger charge is 2.15. The minimum absolute atomic E-state index is 0.329. The molecule has 1 aromatic heterocycles. The van der Waals surface area contributed by atoms with Gasteiger partial charge < -0.3 is 15.5 Å². The number of carboxylic acid groups (broad SMARTS) is 1. The maximum atomic E-state index is 11.7. The molecule has 0 unspecified atom stereocenters. The minimum atomic E-state index is -1.63. The van der Waals surface area contributed by atoms with Crippen LogP contribution < -0.4 is 5.32 Å². The van der Waals surface area contributed by atoms with E-state index in [9.17, 15) is 9.59 Å². The first-order chi connectivity index (χ1) is 9.58. The van der Waals surface area contributed by atoms with E-state index in [-0.39, 0.29) is 6.54 Å². The molecule has 1 atom stereocenters. The summed E-state index contributed by atoms with van der Waals surface area (Å²) in [7, 11) is 0. The quantitative estimate of drug-likeness (QED) is 0.551. The van der Waals surface area contributed by atoms with Gasteiger partial charge in [0.25, 0.3) is 5.91 Å². The number of aromatic nitrogens is 4. The molecule has 104 valence electrons. The smallest absolute Gasteiger partial charge is 0.334 e. The summed E-state index contributed by atoms with van der Waals surface area (Å²) in [5, 5.41) is 33.2. The average Bonchev–Trinajstić information content (AvgIpc) is 2.98. The molecule has 0 radical (unpaired) electrons. The van der Waals surface area contributed by atoms with Gasteiger partial charge in [0.1, 0.15) is 0 Å². The number of hydrogen-bond donors (Lipinski definition) is 4. The van der Waals surface area contributed by atoms with E-state index in [2.05, 4.69) is 25.9 Å². The second-order valence-corrected chi connectivity index (χ2v) is 3.88. The lowest BCUT2D eigenvalue weighted by Gasteiger charge is -2.07. The summed E-state index contributed by atoms with van der Waals surface area (Å²) in [4.78, 5) is 22.1. The Morgan fingerprint density at radius 1 is 1.30 bits per heavy atom. The minimum Gasteiger partial charge on any atom is -0.479 e. The van der Waals surface area contributed by atoms with Gasteiger partial charge in [-0.2, -0.15) is 5.21 Å². The Kier molecular flexibility index (Phi) is 4.01. The monoisotopic (exact) mass is 277 g/mol. The Hall–Kier alpha value is -2.81. The summed E-state index contributed by atoms with van der Waals surface area (Å²) in [6, 6.07) is 6.34. The number of rotatable bonds is 5. The van der Waals surface area contributed by atoms with Crippen molar-refractivity contribution in [3.8, 4) is 11.4 Å². The van der Waals surface area contributed by atoms with Crippen LogP contribution in [-0.4, -0.2) is 55.4 Å². The standard InChI is InChI=1S/C11H11N5O4/c17-8(11(19)20)5-12-10(18)7-3-1-6(2-4-7)9-13-15-16-14-9/h1-4,8,17H,5H2,(H,12,18)(H,19,20)(H,13,14,15,16)/t8-/m0/s1. The fourth-order valence-electron chi connectivity index (χ4n) is 1.43. The molecule has 2 aromatic rings. The van der Waals surface area contributed by atoms with Crippen LogP contribution in [0.2, 0.25) is 0 Å². The van der Waals surface area contributed by atoms with Crippen molar-refractivity contribution < 1.29 is 19.8 Å². The summed E-state index contributed by atoms with van der Waals surface area (Å²) in [6.45, 7) is -0.360. The zero-order valence-electron chi connectivity index (χ0n) is 10.1. The predicted molar refractivity (Wildman–Crippen MR) is 65.6 cm³/mol. The number of aliphatic hydroxyl groups excluding tert-OH is 1. The normalized spacial score (nSPS) is 11.8. The number of nitrogens with one attached hydrogen (secondary N) is 2. The van der Waals surface area contributed by atoms with Crippen LogP contribution in [0.5, 0.6) is 0 Å². The lowest BCUT2D eigenvalue weighted by atomic mass is 10.1. The number of aromatic amines is 1. The zero-order valence-corrected chi connectivity index (χ0v) is 10.1. The van der Waals surface area contributed by atoms with Crippen LogP contribution in [0.3, 0.4) is 0 Å². The highest BCUT2D eigenvalue weighted by molar-refractivity contribution is 5.94. The number of aliphatic hydroxyl groups is 1. The molecule has 0 fully saturated rings. The fourth-order valence-corrected chi connectivity index (χ4v) is 1.43. The topological polar surface area (TPSA) is 141 Å². The third-order valence-corrected chi connectivity index (χ3v) is 2.49. The molecule has 0 bridgehead atoms. The van der Waals surface area contributed by atoms with Gasteiger partial charge >= 0.3 is 5.97 Å². The van der Waals surface area contributed by atoms with Crippen LogP contribution >= 0.6 is 0 Å². The Bertz CT molecular complexity index is 596. The molecule has 1 amide bonds. The van der Waals surface area contributed by atoms with Gasteiger partial charge in [0.2, 0.25) is 5.82 Å². The molecule has 0 saturated heterocycles. The Morgan fingerprint density at radius 2 is 2.00 bits per heavy atom. The number of carbonyl (C=O) groups is 2. The number of aliphatic carboxylic acids is 1. The van der Waals surface area contributed by atoms with Gasteiger partial charge in [0.05, 0.1) is 6.54 Å². The van der Waals surface area contributed by atoms with Crippen LogP contribution in [0.25, 0.3) is 11.4 Å². The molecule has 1 heterocycles. The van der Waals surface area contributed by atoms with Crippen LogP contribution in [0.1, 0.15) is 10.4 Å². The molecule has 4 N–H and O–H groups in total. The van der Waals surface area contributed by atoms with Crippen molar-refractivity contribution >= 4 is 11.9 Å². The highest BCUT2D eigenvalue weighted by atomic mass is 16.4. The van der Waals surface area contributed by atoms with Crippen molar-refractivity contribution in [2.75, 3.05) is 6.54 Å². The molecule has 9 heteroatoms. The van der Waals surface area contributed by atoms with Crippen LogP contribution in [0, 0.1) is 0 Å². The lowest BCUT2D eigenvalue weighted by Crippen LogP contribution is -2.36. The first-order valence-electron chi connectivity index (χ1n) is 5.61. The van der Waals surface area contributed by atoms with Crippen molar-refractivity contribution in [3.63, 3.8) is 0 Å². The summed E-state index contributed by atoms with van der Waals surface area (Å²) < 4.78 is 0. The first kappa shape index (κ1) is 13.6. The van der Waals surface area contributed by atoms with Crippen molar-refractivity contribution in [2.24, 2.45) is 0 Å². The molecule has 0 aliphatic rings. The Balaban J connectivity index is 1.99. The van der Waals surface area contributed by atoms with E-state index in [0.717, 1.165) is 0 Å². The van der Waals surface area contributed by atoms with E-state index in [1.807, 2.05) is 0 Å². The van der Waals surface area contributed by atoms with E-state index in [0.29, 0.717) is 17.0 Å². The largest absolute Gasteiger partial charge is 0.479 e. The van der Waals surface area contributed by atoms with Crippen molar-refractivity contribution in [2.45, 2.75) is 6.10 Å². The van der Waals surface area contributed by atoms with Crippen LogP contribution in [-0.2, 0) is 4.79 Å².